The summed E-state index contributed by atoms with van der Waals surface area (Å²) in [5.41, 5.74) is 0.0232. The normalized spacial score (nSPS) is 10.4. The number of carbonyl (C=O) groups is 1. The van der Waals surface area contributed by atoms with Gasteiger partial charge in [-0.1, -0.05) is 0 Å². The lowest BCUT2D eigenvalue weighted by atomic mass is 10.3. The van der Waals surface area contributed by atoms with Crippen molar-refractivity contribution in [2.75, 3.05) is 53.4 Å². The van der Waals surface area contributed by atoms with Crippen LogP contribution in [-0.4, -0.2) is 64.3 Å². The molecule has 0 fully saturated rings. The van der Waals surface area contributed by atoms with Crippen LogP contribution in [0.3, 0.4) is 0 Å². The van der Waals surface area contributed by atoms with Gasteiger partial charge in [0.1, 0.15) is 12.4 Å². The van der Waals surface area contributed by atoms with Crippen molar-refractivity contribution in [3.05, 3.63) is 34.4 Å². The van der Waals surface area contributed by atoms with Crippen LogP contribution < -0.4 is 4.74 Å². The highest BCUT2D eigenvalue weighted by molar-refractivity contribution is 5.69. The zero-order valence-corrected chi connectivity index (χ0v) is 14.2. The average Bonchev–Trinajstić information content (AvgIpc) is 2.62. The fourth-order valence-corrected chi connectivity index (χ4v) is 1.68. The van der Waals surface area contributed by atoms with E-state index < -0.39 is 4.92 Å². The molecule has 0 saturated heterocycles. The fraction of sp³-hybridized carbons (Fsp3) is 0.562. The monoisotopic (exact) mass is 357 g/mol. The van der Waals surface area contributed by atoms with Crippen LogP contribution in [0.1, 0.15) is 6.42 Å². The lowest BCUT2D eigenvalue weighted by molar-refractivity contribution is -0.384. The first-order chi connectivity index (χ1) is 12.1. The predicted molar refractivity (Wildman–Crippen MR) is 87.7 cm³/mol. The fourth-order valence-electron chi connectivity index (χ4n) is 1.68. The Labute approximate surface area is 145 Å². The number of benzene rings is 1. The van der Waals surface area contributed by atoms with Crippen molar-refractivity contribution in [3.63, 3.8) is 0 Å². The molecular weight excluding hydrogens is 334 g/mol. The molecule has 9 nitrogen and oxygen atoms in total. The molecule has 0 heterocycles. The molecule has 0 radical (unpaired) electrons. The van der Waals surface area contributed by atoms with Crippen LogP contribution >= 0.6 is 0 Å². The summed E-state index contributed by atoms with van der Waals surface area (Å²) < 4.78 is 25.7. The largest absolute Gasteiger partial charge is 0.491 e. The zero-order valence-electron chi connectivity index (χ0n) is 14.2. The van der Waals surface area contributed by atoms with Gasteiger partial charge < -0.3 is 23.7 Å². The molecule has 0 unspecified atom stereocenters. The highest BCUT2D eigenvalue weighted by atomic mass is 16.6. The lowest BCUT2D eigenvalue weighted by Gasteiger charge is -2.08. The van der Waals surface area contributed by atoms with Crippen molar-refractivity contribution in [3.8, 4) is 5.75 Å². The molecule has 1 rings (SSSR count). The third-order valence-corrected chi connectivity index (χ3v) is 2.97. The molecule has 0 aliphatic carbocycles. The Morgan fingerprint density at radius 2 is 1.44 bits per heavy atom. The maximum atomic E-state index is 10.8. The number of rotatable bonds is 14. The van der Waals surface area contributed by atoms with Crippen LogP contribution in [-0.2, 0) is 23.7 Å². The SMILES string of the molecule is COC(=O)CCOCCOCCOCCOc1ccc([N+](=O)[O-])cc1. The van der Waals surface area contributed by atoms with Gasteiger partial charge in [-0.25, -0.2) is 0 Å². The smallest absolute Gasteiger partial charge is 0.307 e. The van der Waals surface area contributed by atoms with Gasteiger partial charge in [-0.15, -0.1) is 0 Å². The Bertz CT molecular complexity index is 505. The first-order valence-corrected chi connectivity index (χ1v) is 7.81. The molecule has 0 amide bonds. The molecule has 9 heteroatoms. The minimum absolute atomic E-state index is 0.0232. The second kappa shape index (κ2) is 13.1. The van der Waals surface area contributed by atoms with Crippen molar-refractivity contribution in [2.45, 2.75) is 6.42 Å². The molecule has 0 spiro atoms. The summed E-state index contributed by atoms with van der Waals surface area (Å²) in [7, 11) is 1.34. The van der Waals surface area contributed by atoms with Crippen molar-refractivity contribution < 1.29 is 33.4 Å². The van der Waals surface area contributed by atoms with Crippen LogP contribution in [0.15, 0.2) is 24.3 Å². The number of hydrogen-bond donors (Lipinski definition) is 0. The van der Waals surface area contributed by atoms with Gasteiger partial charge in [0.05, 0.1) is 58.1 Å². The summed E-state index contributed by atoms with van der Waals surface area (Å²) in [5.74, 6) is 0.250. The first kappa shape index (κ1) is 20.8. The van der Waals surface area contributed by atoms with Crippen molar-refractivity contribution in [1.82, 2.24) is 0 Å². The second-order valence-corrected chi connectivity index (χ2v) is 4.76. The van der Waals surface area contributed by atoms with Gasteiger partial charge in [0.2, 0.25) is 0 Å². The average molecular weight is 357 g/mol. The Hall–Kier alpha value is -2.23. The van der Waals surface area contributed by atoms with Crippen LogP contribution in [0.2, 0.25) is 0 Å². The number of esters is 1. The molecule has 0 bridgehead atoms. The van der Waals surface area contributed by atoms with Crippen LogP contribution in [0.25, 0.3) is 0 Å². The van der Waals surface area contributed by atoms with E-state index in [-0.39, 0.29) is 18.1 Å². The van der Waals surface area contributed by atoms with Crippen molar-refractivity contribution in [2.24, 2.45) is 0 Å². The van der Waals surface area contributed by atoms with E-state index in [0.717, 1.165) is 0 Å². The molecule has 0 N–H and O–H groups in total. The van der Waals surface area contributed by atoms with E-state index in [4.69, 9.17) is 18.9 Å². The first-order valence-electron chi connectivity index (χ1n) is 7.81. The number of carbonyl (C=O) groups excluding carboxylic acids is 1. The molecular formula is C16H23NO8. The van der Waals surface area contributed by atoms with Crippen LogP contribution in [0, 0.1) is 10.1 Å². The number of methoxy groups -OCH3 is 1. The standard InChI is InChI=1S/C16H23NO8/c1-21-16(18)6-7-22-8-9-23-10-11-24-12-13-25-15-4-2-14(3-5-15)17(19)20/h2-5H,6-13H2,1H3. The summed E-state index contributed by atoms with van der Waals surface area (Å²) in [6.07, 6.45) is 0.231. The summed E-state index contributed by atoms with van der Waals surface area (Å²) in [4.78, 5) is 20.9. The van der Waals surface area contributed by atoms with Crippen LogP contribution in [0.4, 0.5) is 5.69 Å². The Morgan fingerprint density at radius 1 is 0.920 bits per heavy atom. The number of nitro benzene ring substituents is 1. The second-order valence-electron chi connectivity index (χ2n) is 4.76. The highest BCUT2D eigenvalue weighted by Crippen LogP contribution is 2.16. The number of hydrogen-bond acceptors (Lipinski definition) is 8. The van der Waals surface area contributed by atoms with Gasteiger partial charge in [0.15, 0.2) is 0 Å². The molecule has 25 heavy (non-hydrogen) atoms. The van der Waals surface area contributed by atoms with Gasteiger partial charge in [-0.05, 0) is 12.1 Å². The predicted octanol–water partition coefficient (Wildman–Crippen LogP) is 1.59. The topological polar surface area (TPSA) is 106 Å². The van der Waals surface area contributed by atoms with Crippen LogP contribution in [0.5, 0.6) is 5.75 Å². The number of nitrogens with zero attached hydrogens (tertiary/aromatic N) is 1. The number of ether oxygens (including phenoxy) is 5. The van der Waals surface area contributed by atoms with Gasteiger partial charge in [0, 0.05) is 12.1 Å². The number of non-ortho nitro benzene ring substituents is 1. The van der Waals surface area contributed by atoms with E-state index in [2.05, 4.69) is 4.74 Å². The van der Waals surface area contributed by atoms with Gasteiger partial charge in [0.25, 0.3) is 5.69 Å². The Kier molecular flexibility index (Phi) is 10.9. The maximum absolute atomic E-state index is 10.8. The molecule has 0 aromatic heterocycles. The molecule has 1 aromatic rings. The van der Waals surface area contributed by atoms with E-state index in [1.165, 1.54) is 19.2 Å². The van der Waals surface area contributed by atoms with Gasteiger partial charge >= 0.3 is 5.97 Å². The van der Waals surface area contributed by atoms with E-state index in [9.17, 15) is 14.9 Å². The van der Waals surface area contributed by atoms with Gasteiger partial charge in [-0.3, -0.25) is 14.9 Å². The minimum atomic E-state index is -0.461. The number of nitro groups is 1. The Balaban J connectivity index is 1.89. The molecule has 0 saturated carbocycles. The lowest BCUT2D eigenvalue weighted by Crippen LogP contribution is -2.13. The third kappa shape index (κ3) is 10.3. The summed E-state index contributed by atoms with van der Waals surface area (Å²) >= 11 is 0. The summed E-state index contributed by atoms with van der Waals surface area (Å²) in [5, 5.41) is 10.5. The minimum Gasteiger partial charge on any atom is -0.491 e. The molecule has 0 aliphatic heterocycles. The third-order valence-electron chi connectivity index (χ3n) is 2.97. The van der Waals surface area contributed by atoms with Crippen molar-refractivity contribution >= 4 is 11.7 Å². The van der Waals surface area contributed by atoms with E-state index in [0.29, 0.717) is 52.0 Å². The molecule has 0 aliphatic rings. The van der Waals surface area contributed by atoms with Crippen molar-refractivity contribution in [1.29, 1.82) is 0 Å². The molecule has 1 aromatic carbocycles. The maximum Gasteiger partial charge on any atom is 0.307 e. The quantitative estimate of drug-likeness (QED) is 0.214. The van der Waals surface area contributed by atoms with E-state index in [1.54, 1.807) is 12.1 Å². The summed E-state index contributed by atoms with van der Waals surface area (Å²) in [6.45, 7) is 2.71. The Morgan fingerprint density at radius 3 is 1.96 bits per heavy atom. The zero-order chi connectivity index (χ0) is 18.3. The highest BCUT2D eigenvalue weighted by Gasteiger charge is 2.04. The van der Waals surface area contributed by atoms with E-state index >= 15 is 0 Å². The summed E-state index contributed by atoms with van der Waals surface area (Å²) in [6, 6.07) is 5.86. The molecule has 140 valence electrons. The molecule has 0 atom stereocenters. The van der Waals surface area contributed by atoms with E-state index in [1.807, 2.05) is 0 Å². The van der Waals surface area contributed by atoms with Gasteiger partial charge in [-0.2, -0.15) is 0 Å².